The maximum atomic E-state index is 4.92. The second kappa shape index (κ2) is 3.06. The van der Waals surface area contributed by atoms with Gasteiger partial charge in [0.05, 0.1) is 5.56 Å². The predicted octanol–water partition coefficient (Wildman–Crippen LogP) is 2.30. The van der Waals surface area contributed by atoms with E-state index < -0.39 is 0 Å². The van der Waals surface area contributed by atoms with Gasteiger partial charge in [-0.3, -0.25) is 0 Å². The second-order valence-corrected chi connectivity index (χ2v) is 3.03. The first-order chi connectivity index (χ1) is 5.88. The van der Waals surface area contributed by atoms with Crippen LogP contribution in [0.4, 0.5) is 0 Å². The molecule has 0 N–H and O–H groups in total. The third-order valence-corrected chi connectivity index (χ3v) is 2.12. The van der Waals surface area contributed by atoms with E-state index in [2.05, 4.69) is 32.5 Å². The Kier molecular flexibility index (Phi) is 1.91. The molecule has 12 heavy (non-hydrogen) atoms. The van der Waals surface area contributed by atoms with E-state index in [0.717, 1.165) is 10.0 Å². The molecule has 1 aromatic carbocycles. The van der Waals surface area contributed by atoms with Crippen molar-refractivity contribution in [1.82, 2.24) is 10.2 Å². The molecular formula is C8H4BrN2O. The topological polar surface area (TPSA) is 38.9 Å². The van der Waals surface area contributed by atoms with Crippen molar-refractivity contribution in [3.8, 4) is 11.5 Å². The van der Waals surface area contributed by atoms with Crippen LogP contribution in [0.3, 0.4) is 0 Å². The summed E-state index contributed by atoms with van der Waals surface area (Å²) in [4.78, 5) is 0. The fourth-order valence-electron chi connectivity index (χ4n) is 0.893. The summed E-state index contributed by atoms with van der Waals surface area (Å²) in [6.07, 6.45) is 2.30. The number of hydrogen-bond donors (Lipinski definition) is 0. The van der Waals surface area contributed by atoms with E-state index in [4.69, 9.17) is 4.42 Å². The Bertz CT molecular complexity index is 372. The van der Waals surface area contributed by atoms with E-state index >= 15 is 0 Å². The van der Waals surface area contributed by atoms with Crippen LogP contribution in [0.15, 0.2) is 33.2 Å². The summed E-state index contributed by atoms with van der Waals surface area (Å²) >= 11 is 3.38. The lowest BCUT2D eigenvalue weighted by atomic mass is 10.2. The number of hydrogen-bond acceptors (Lipinski definition) is 3. The van der Waals surface area contributed by atoms with E-state index in [9.17, 15) is 0 Å². The Morgan fingerprint density at radius 1 is 1.33 bits per heavy atom. The Balaban J connectivity index is 2.55. The summed E-state index contributed by atoms with van der Waals surface area (Å²) in [5.41, 5.74) is 0.881. The maximum Gasteiger partial charge on any atom is 0.306 e. The Labute approximate surface area is 77.6 Å². The van der Waals surface area contributed by atoms with Crippen LogP contribution < -0.4 is 0 Å². The van der Waals surface area contributed by atoms with Gasteiger partial charge in [-0.1, -0.05) is 12.1 Å². The summed E-state index contributed by atoms with van der Waals surface area (Å²) in [5.74, 6) is 0.475. The van der Waals surface area contributed by atoms with Gasteiger partial charge in [0.25, 0.3) is 0 Å². The minimum Gasteiger partial charge on any atom is -0.412 e. The average Bonchev–Trinajstić information content (AvgIpc) is 2.57. The lowest BCUT2D eigenvalue weighted by molar-refractivity contribution is 0.558. The molecule has 2 aromatic rings. The molecule has 0 saturated heterocycles. The van der Waals surface area contributed by atoms with Gasteiger partial charge in [0.2, 0.25) is 5.89 Å². The van der Waals surface area contributed by atoms with E-state index in [1.54, 1.807) is 0 Å². The van der Waals surface area contributed by atoms with E-state index in [1.807, 2.05) is 24.3 Å². The third kappa shape index (κ3) is 1.25. The minimum absolute atomic E-state index is 0.475. The zero-order valence-corrected chi connectivity index (χ0v) is 7.58. The zero-order chi connectivity index (χ0) is 8.39. The highest BCUT2D eigenvalue weighted by molar-refractivity contribution is 9.10. The van der Waals surface area contributed by atoms with Gasteiger partial charge in [-0.25, -0.2) is 0 Å². The van der Waals surface area contributed by atoms with Crippen LogP contribution >= 0.6 is 15.9 Å². The number of aromatic nitrogens is 2. The van der Waals surface area contributed by atoms with Gasteiger partial charge in [-0.2, -0.15) is 0 Å². The number of benzene rings is 1. The van der Waals surface area contributed by atoms with Crippen LogP contribution in [0.5, 0.6) is 0 Å². The lowest BCUT2D eigenvalue weighted by Crippen LogP contribution is -1.78. The number of rotatable bonds is 1. The molecule has 0 fully saturated rings. The molecule has 0 aliphatic carbocycles. The molecule has 1 heterocycles. The van der Waals surface area contributed by atoms with Crippen LogP contribution in [-0.2, 0) is 0 Å². The van der Waals surface area contributed by atoms with Crippen molar-refractivity contribution in [2.75, 3.05) is 0 Å². The van der Waals surface area contributed by atoms with Crippen LogP contribution in [0.2, 0.25) is 0 Å². The molecule has 0 spiro atoms. The fraction of sp³-hybridized carbons (Fsp3) is 0. The first-order valence-electron chi connectivity index (χ1n) is 3.32. The van der Waals surface area contributed by atoms with Gasteiger partial charge >= 0.3 is 6.39 Å². The largest absolute Gasteiger partial charge is 0.412 e. The molecule has 59 valence electrons. The van der Waals surface area contributed by atoms with E-state index in [-0.39, 0.29) is 0 Å². The number of halogens is 1. The summed E-state index contributed by atoms with van der Waals surface area (Å²) in [6, 6.07) is 7.64. The first kappa shape index (κ1) is 7.49. The molecule has 0 saturated carbocycles. The summed E-state index contributed by atoms with van der Waals surface area (Å²) in [5, 5.41) is 7.22. The normalized spacial score (nSPS) is 10.1. The van der Waals surface area contributed by atoms with Gasteiger partial charge in [0, 0.05) is 4.47 Å². The Hall–Kier alpha value is -1.16. The van der Waals surface area contributed by atoms with Crippen LogP contribution in [0, 0.1) is 6.39 Å². The first-order valence-corrected chi connectivity index (χ1v) is 4.11. The minimum atomic E-state index is 0.475. The van der Waals surface area contributed by atoms with Crippen molar-refractivity contribution in [3.05, 3.63) is 35.1 Å². The molecule has 2 rings (SSSR count). The quantitative estimate of drug-likeness (QED) is 0.745. The molecule has 0 bridgehead atoms. The van der Waals surface area contributed by atoms with E-state index in [1.165, 1.54) is 0 Å². The fourth-order valence-corrected chi connectivity index (χ4v) is 1.35. The average molecular weight is 224 g/mol. The monoisotopic (exact) mass is 223 g/mol. The van der Waals surface area contributed by atoms with Crippen molar-refractivity contribution in [2.45, 2.75) is 0 Å². The highest BCUT2D eigenvalue weighted by Crippen LogP contribution is 2.25. The van der Waals surface area contributed by atoms with Crippen molar-refractivity contribution in [2.24, 2.45) is 0 Å². The van der Waals surface area contributed by atoms with E-state index in [0.29, 0.717) is 5.89 Å². The van der Waals surface area contributed by atoms with Gasteiger partial charge in [-0.15, -0.1) is 10.2 Å². The molecule has 0 aliphatic rings. The summed E-state index contributed by atoms with van der Waals surface area (Å²) in [6.45, 7) is 0. The van der Waals surface area contributed by atoms with Gasteiger partial charge in [-0.05, 0) is 28.1 Å². The Morgan fingerprint density at radius 3 is 2.83 bits per heavy atom. The molecule has 0 aliphatic heterocycles. The van der Waals surface area contributed by atoms with Crippen molar-refractivity contribution >= 4 is 15.9 Å². The summed E-state index contributed by atoms with van der Waals surface area (Å²) < 4.78 is 5.86. The van der Waals surface area contributed by atoms with Crippen LogP contribution in [-0.4, -0.2) is 10.2 Å². The maximum absolute atomic E-state index is 4.92. The van der Waals surface area contributed by atoms with Crippen LogP contribution in [0.1, 0.15) is 0 Å². The molecule has 0 atom stereocenters. The standard InChI is InChI=1S/C8H4BrN2O/c9-7-4-2-1-3-6(7)8-11-10-5-12-8/h1-4H. The van der Waals surface area contributed by atoms with Crippen LogP contribution in [0.25, 0.3) is 11.5 Å². The molecule has 0 unspecified atom stereocenters. The smallest absolute Gasteiger partial charge is 0.306 e. The van der Waals surface area contributed by atoms with Crippen molar-refractivity contribution < 1.29 is 4.42 Å². The molecular weight excluding hydrogens is 220 g/mol. The van der Waals surface area contributed by atoms with Gasteiger partial charge in [0.15, 0.2) is 0 Å². The van der Waals surface area contributed by atoms with Gasteiger partial charge < -0.3 is 4.42 Å². The SMILES string of the molecule is Brc1ccccc1-c1nn[c]o1. The Morgan fingerprint density at radius 2 is 2.17 bits per heavy atom. The second-order valence-electron chi connectivity index (χ2n) is 2.18. The van der Waals surface area contributed by atoms with Crippen molar-refractivity contribution in [3.63, 3.8) is 0 Å². The van der Waals surface area contributed by atoms with Crippen molar-refractivity contribution in [1.29, 1.82) is 0 Å². The predicted molar refractivity (Wildman–Crippen MR) is 46.3 cm³/mol. The molecule has 3 nitrogen and oxygen atoms in total. The highest BCUT2D eigenvalue weighted by atomic mass is 79.9. The molecule has 1 radical (unpaired) electrons. The molecule has 1 aromatic heterocycles. The molecule has 4 heteroatoms. The summed E-state index contributed by atoms with van der Waals surface area (Å²) in [7, 11) is 0. The van der Waals surface area contributed by atoms with Gasteiger partial charge in [0.1, 0.15) is 0 Å². The number of nitrogens with zero attached hydrogens (tertiary/aromatic N) is 2. The third-order valence-electron chi connectivity index (χ3n) is 1.43. The molecule has 0 amide bonds. The zero-order valence-electron chi connectivity index (χ0n) is 5.99. The highest BCUT2D eigenvalue weighted by Gasteiger charge is 2.06. The lowest BCUT2D eigenvalue weighted by Gasteiger charge is -1.95.